The zero-order valence-electron chi connectivity index (χ0n) is 13.9. The highest BCUT2D eigenvalue weighted by molar-refractivity contribution is 5.92. The van der Waals surface area contributed by atoms with Crippen molar-refractivity contribution in [2.75, 3.05) is 42.5 Å². The van der Waals surface area contributed by atoms with Crippen LogP contribution in [0.1, 0.15) is 23.8 Å². The molecule has 24 heavy (non-hydrogen) atoms. The van der Waals surface area contributed by atoms with Crippen molar-refractivity contribution in [1.82, 2.24) is 20.5 Å². The van der Waals surface area contributed by atoms with Gasteiger partial charge in [0.25, 0.3) is 5.91 Å². The summed E-state index contributed by atoms with van der Waals surface area (Å²) >= 11 is 0. The maximum Gasteiger partial charge on any atom is 0.271 e. The van der Waals surface area contributed by atoms with E-state index in [0.717, 1.165) is 44.2 Å². The van der Waals surface area contributed by atoms with Crippen LogP contribution in [-0.4, -0.2) is 53.8 Å². The molecular formula is C17H22N6O. The van der Waals surface area contributed by atoms with E-state index in [-0.39, 0.29) is 5.91 Å². The molecule has 0 unspecified atom stereocenters. The van der Waals surface area contributed by atoms with Gasteiger partial charge in [0.1, 0.15) is 5.82 Å². The molecule has 1 saturated heterocycles. The van der Waals surface area contributed by atoms with Gasteiger partial charge in [-0.1, -0.05) is 13.0 Å². The van der Waals surface area contributed by atoms with E-state index in [4.69, 9.17) is 0 Å². The number of nitrogens with one attached hydrogen (secondary N) is 1. The van der Waals surface area contributed by atoms with Crippen LogP contribution < -0.4 is 15.1 Å². The van der Waals surface area contributed by atoms with E-state index < -0.39 is 0 Å². The molecule has 1 fully saturated rings. The summed E-state index contributed by atoms with van der Waals surface area (Å²) in [5.74, 6) is 1.64. The first-order valence-corrected chi connectivity index (χ1v) is 8.31. The van der Waals surface area contributed by atoms with Crippen molar-refractivity contribution in [2.45, 2.75) is 13.3 Å². The second-order valence-electron chi connectivity index (χ2n) is 5.69. The normalized spacial score (nSPS) is 14.5. The summed E-state index contributed by atoms with van der Waals surface area (Å²) in [7, 11) is 0. The first kappa shape index (κ1) is 16.2. The summed E-state index contributed by atoms with van der Waals surface area (Å²) in [4.78, 5) is 20.7. The number of hydrogen-bond acceptors (Lipinski definition) is 6. The van der Waals surface area contributed by atoms with Gasteiger partial charge in [0.05, 0.1) is 0 Å². The summed E-state index contributed by atoms with van der Waals surface area (Å²) in [5.41, 5.74) is 0.360. The Bertz CT molecular complexity index is 653. The highest BCUT2D eigenvalue weighted by Crippen LogP contribution is 2.16. The highest BCUT2D eigenvalue weighted by Gasteiger charge is 2.19. The molecule has 2 aromatic heterocycles. The van der Waals surface area contributed by atoms with Gasteiger partial charge in [0.2, 0.25) is 0 Å². The van der Waals surface area contributed by atoms with Gasteiger partial charge in [-0.05, 0) is 30.7 Å². The molecule has 1 aliphatic heterocycles. The fourth-order valence-corrected chi connectivity index (χ4v) is 2.65. The van der Waals surface area contributed by atoms with Crippen molar-refractivity contribution in [2.24, 2.45) is 0 Å². The van der Waals surface area contributed by atoms with Crippen LogP contribution in [0.5, 0.6) is 0 Å². The van der Waals surface area contributed by atoms with Crippen molar-refractivity contribution in [3.63, 3.8) is 0 Å². The van der Waals surface area contributed by atoms with E-state index in [0.29, 0.717) is 12.2 Å². The van der Waals surface area contributed by atoms with Crippen LogP contribution in [0.2, 0.25) is 0 Å². The molecule has 0 spiro atoms. The van der Waals surface area contributed by atoms with Crippen LogP contribution in [0.25, 0.3) is 0 Å². The van der Waals surface area contributed by atoms with Crippen LogP contribution in [0.3, 0.4) is 0 Å². The molecule has 1 N–H and O–H groups in total. The lowest BCUT2D eigenvalue weighted by molar-refractivity contribution is 0.0947. The molecule has 2 aromatic rings. The number of carbonyl (C=O) groups excluding carboxylic acids is 1. The molecular weight excluding hydrogens is 304 g/mol. The Labute approximate surface area is 141 Å². The Hall–Kier alpha value is -2.70. The van der Waals surface area contributed by atoms with Crippen molar-refractivity contribution >= 4 is 17.5 Å². The molecule has 3 rings (SSSR count). The summed E-state index contributed by atoms with van der Waals surface area (Å²) in [5, 5.41) is 11.1. The average molecular weight is 326 g/mol. The summed E-state index contributed by atoms with van der Waals surface area (Å²) < 4.78 is 0. The third kappa shape index (κ3) is 3.79. The quantitative estimate of drug-likeness (QED) is 0.894. The predicted octanol–water partition coefficient (Wildman–Crippen LogP) is 1.34. The second kappa shape index (κ2) is 7.72. The van der Waals surface area contributed by atoms with Crippen LogP contribution in [-0.2, 0) is 0 Å². The predicted molar refractivity (Wildman–Crippen MR) is 93.3 cm³/mol. The summed E-state index contributed by atoms with van der Waals surface area (Å²) in [6.07, 6.45) is 2.72. The lowest BCUT2D eigenvalue weighted by Crippen LogP contribution is -2.47. The average Bonchev–Trinajstić information content (AvgIpc) is 2.67. The number of nitrogens with zero attached hydrogens (tertiary/aromatic N) is 5. The fraction of sp³-hybridized carbons (Fsp3) is 0.412. The molecule has 0 saturated carbocycles. The van der Waals surface area contributed by atoms with Crippen molar-refractivity contribution < 1.29 is 4.79 Å². The third-order valence-corrected chi connectivity index (χ3v) is 4.00. The Morgan fingerprint density at radius 2 is 1.79 bits per heavy atom. The maximum absolute atomic E-state index is 11.9. The largest absolute Gasteiger partial charge is 0.353 e. The van der Waals surface area contributed by atoms with E-state index in [1.807, 2.05) is 37.4 Å². The maximum atomic E-state index is 11.9. The number of anilines is 2. The summed E-state index contributed by atoms with van der Waals surface area (Å²) in [6.45, 7) is 6.14. The zero-order valence-corrected chi connectivity index (χ0v) is 13.9. The Morgan fingerprint density at radius 1 is 1.04 bits per heavy atom. The lowest BCUT2D eigenvalue weighted by atomic mass is 10.3. The number of carbonyl (C=O) groups is 1. The number of piperazine rings is 1. The van der Waals surface area contributed by atoms with Gasteiger partial charge in [0, 0.05) is 38.9 Å². The molecule has 0 aliphatic carbocycles. The standard InChI is InChI=1S/C17H22N6O/c1-2-8-19-17(24)14-6-7-16(21-20-14)23-12-10-22(11-13-23)15-5-3-4-9-18-15/h3-7,9H,2,8,10-13H2,1H3,(H,19,24). The van der Waals surface area contributed by atoms with Crippen LogP contribution in [0.15, 0.2) is 36.5 Å². The molecule has 1 amide bonds. The van der Waals surface area contributed by atoms with Gasteiger partial charge >= 0.3 is 0 Å². The van der Waals surface area contributed by atoms with E-state index >= 15 is 0 Å². The van der Waals surface area contributed by atoms with Crippen molar-refractivity contribution in [1.29, 1.82) is 0 Å². The molecule has 0 atom stereocenters. The van der Waals surface area contributed by atoms with E-state index in [1.165, 1.54) is 0 Å². The first-order valence-electron chi connectivity index (χ1n) is 8.31. The Kier molecular flexibility index (Phi) is 5.20. The van der Waals surface area contributed by atoms with Gasteiger partial charge in [-0.15, -0.1) is 10.2 Å². The summed E-state index contributed by atoms with van der Waals surface area (Å²) in [6, 6.07) is 9.55. The minimum atomic E-state index is -0.170. The fourth-order valence-electron chi connectivity index (χ4n) is 2.65. The molecule has 0 aromatic carbocycles. The second-order valence-corrected chi connectivity index (χ2v) is 5.69. The minimum Gasteiger partial charge on any atom is -0.353 e. The Balaban J connectivity index is 1.57. The zero-order chi connectivity index (χ0) is 16.8. The first-order chi connectivity index (χ1) is 11.8. The van der Waals surface area contributed by atoms with Crippen molar-refractivity contribution in [3.8, 4) is 0 Å². The van der Waals surface area contributed by atoms with Gasteiger partial charge in [0.15, 0.2) is 11.5 Å². The van der Waals surface area contributed by atoms with E-state index in [9.17, 15) is 4.79 Å². The molecule has 7 nitrogen and oxygen atoms in total. The van der Waals surface area contributed by atoms with Crippen LogP contribution >= 0.6 is 0 Å². The van der Waals surface area contributed by atoms with Crippen LogP contribution in [0, 0.1) is 0 Å². The van der Waals surface area contributed by atoms with Crippen molar-refractivity contribution in [3.05, 3.63) is 42.2 Å². The lowest BCUT2D eigenvalue weighted by Gasteiger charge is -2.35. The molecule has 126 valence electrons. The molecule has 0 radical (unpaired) electrons. The minimum absolute atomic E-state index is 0.170. The number of aromatic nitrogens is 3. The topological polar surface area (TPSA) is 74.2 Å². The van der Waals surface area contributed by atoms with E-state index in [1.54, 1.807) is 6.07 Å². The van der Waals surface area contributed by atoms with Gasteiger partial charge in [-0.3, -0.25) is 4.79 Å². The smallest absolute Gasteiger partial charge is 0.271 e. The number of hydrogen-bond donors (Lipinski definition) is 1. The number of rotatable bonds is 5. The number of amides is 1. The number of pyridine rings is 1. The highest BCUT2D eigenvalue weighted by atomic mass is 16.1. The van der Waals surface area contributed by atoms with Crippen LogP contribution in [0.4, 0.5) is 11.6 Å². The monoisotopic (exact) mass is 326 g/mol. The van der Waals surface area contributed by atoms with Gasteiger partial charge in [-0.25, -0.2) is 4.98 Å². The molecule has 1 aliphatic rings. The SMILES string of the molecule is CCCNC(=O)c1ccc(N2CCN(c3ccccn3)CC2)nn1. The van der Waals surface area contributed by atoms with Gasteiger partial charge < -0.3 is 15.1 Å². The molecule has 7 heteroatoms. The van der Waals surface area contributed by atoms with Gasteiger partial charge in [-0.2, -0.15) is 0 Å². The van der Waals surface area contributed by atoms with E-state index in [2.05, 4.69) is 30.3 Å². The third-order valence-electron chi connectivity index (χ3n) is 4.00. The molecule has 0 bridgehead atoms. The molecule has 3 heterocycles. The Morgan fingerprint density at radius 3 is 2.38 bits per heavy atom.